The van der Waals surface area contributed by atoms with Gasteiger partial charge in [-0.05, 0) is 25.1 Å². The minimum atomic E-state index is -0.129. The molecule has 1 N–H and O–H groups in total. The highest BCUT2D eigenvalue weighted by molar-refractivity contribution is 6.30. The molecule has 1 heterocycles. The van der Waals surface area contributed by atoms with Gasteiger partial charge < -0.3 is 0 Å². The number of aliphatic imine (C=N–C) groups is 1. The smallest absolute Gasteiger partial charge is 0.280 e. The van der Waals surface area contributed by atoms with E-state index in [1.54, 1.807) is 31.5 Å². The van der Waals surface area contributed by atoms with E-state index in [-0.39, 0.29) is 5.56 Å². The Kier molecular flexibility index (Phi) is 3.15. The van der Waals surface area contributed by atoms with E-state index >= 15 is 0 Å². The SMILES string of the molecule is CN=Cc1c(C)[nH]n(-c2cccc(Cl)c2)c1=O. The zero-order valence-corrected chi connectivity index (χ0v) is 10.3. The summed E-state index contributed by atoms with van der Waals surface area (Å²) < 4.78 is 1.46. The van der Waals surface area contributed by atoms with E-state index in [0.717, 1.165) is 5.69 Å². The highest BCUT2D eigenvalue weighted by atomic mass is 35.5. The minimum Gasteiger partial charge on any atom is -0.296 e. The maximum Gasteiger partial charge on any atom is 0.280 e. The van der Waals surface area contributed by atoms with E-state index in [1.807, 2.05) is 13.0 Å². The highest BCUT2D eigenvalue weighted by Gasteiger charge is 2.10. The molecule has 1 aromatic heterocycles. The van der Waals surface area contributed by atoms with E-state index in [4.69, 9.17) is 11.6 Å². The Labute approximate surface area is 104 Å². The summed E-state index contributed by atoms with van der Waals surface area (Å²) in [5, 5.41) is 3.59. The third kappa shape index (κ3) is 2.17. The lowest BCUT2D eigenvalue weighted by molar-refractivity contribution is 0.835. The van der Waals surface area contributed by atoms with E-state index in [1.165, 1.54) is 4.68 Å². The summed E-state index contributed by atoms with van der Waals surface area (Å²) in [6.07, 6.45) is 1.55. The van der Waals surface area contributed by atoms with Crippen molar-refractivity contribution >= 4 is 17.8 Å². The number of hydrogen-bond donors (Lipinski definition) is 1. The predicted molar refractivity (Wildman–Crippen MR) is 69.7 cm³/mol. The number of rotatable bonds is 2. The van der Waals surface area contributed by atoms with Crippen LogP contribution in [0.1, 0.15) is 11.3 Å². The fourth-order valence-corrected chi connectivity index (χ4v) is 1.82. The first kappa shape index (κ1) is 11.7. The molecule has 2 aromatic rings. The van der Waals surface area contributed by atoms with Gasteiger partial charge in [-0.2, -0.15) is 0 Å². The zero-order chi connectivity index (χ0) is 12.4. The second-order valence-electron chi connectivity index (χ2n) is 3.66. The van der Waals surface area contributed by atoms with Gasteiger partial charge in [0.1, 0.15) is 0 Å². The van der Waals surface area contributed by atoms with Crippen LogP contribution in [0.3, 0.4) is 0 Å². The van der Waals surface area contributed by atoms with E-state index < -0.39 is 0 Å². The maximum atomic E-state index is 12.1. The first-order valence-corrected chi connectivity index (χ1v) is 5.51. The van der Waals surface area contributed by atoms with Crippen LogP contribution >= 0.6 is 11.6 Å². The van der Waals surface area contributed by atoms with Crippen LogP contribution in [0.15, 0.2) is 34.1 Å². The maximum absolute atomic E-state index is 12.1. The number of halogens is 1. The lowest BCUT2D eigenvalue weighted by Gasteiger charge is -2.01. The fourth-order valence-electron chi connectivity index (χ4n) is 1.64. The van der Waals surface area contributed by atoms with Gasteiger partial charge in [0.15, 0.2) is 0 Å². The van der Waals surface area contributed by atoms with Gasteiger partial charge in [0, 0.05) is 24.0 Å². The number of aromatic nitrogens is 2. The molecule has 0 saturated heterocycles. The Morgan fingerprint density at radius 3 is 2.88 bits per heavy atom. The number of nitrogens with zero attached hydrogens (tertiary/aromatic N) is 2. The van der Waals surface area contributed by atoms with Crippen molar-refractivity contribution in [3.63, 3.8) is 0 Å². The molecule has 0 radical (unpaired) electrons. The van der Waals surface area contributed by atoms with Gasteiger partial charge in [0.25, 0.3) is 5.56 Å². The largest absolute Gasteiger partial charge is 0.296 e. The molecule has 0 saturated carbocycles. The summed E-state index contributed by atoms with van der Waals surface area (Å²) >= 11 is 5.90. The van der Waals surface area contributed by atoms with E-state index in [0.29, 0.717) is 16.3 Å². The second-order valence-corrected chi connectivity index (χ2v) is 4.09. The average Bonchev–Trinajstić information content (AvgIpc) is 2.57. The van der Waals surface area contributed by atoms with Gasteiger partial charge in [-0.25, -0.2) is 4.68 Å². The lowest BCUT2D eigenvalue weighted by atomic mass is 10.3. The molecule has 1 aromatic carbocycles. The second kappa shape index (κ2) is 4.59. The van der Waals surface area contributed by atoms with Gasteiger partial charge in [-0.15, -0.1) is 0 Å². The third-order valence-electron chi connectivity index (χ3n) is 2.44. The van der Waals surface area contributed by atoms with Crippen molar-refractivity contribution in [1.82, 2.24) is 9.78 Å². The molecule has 0 aliphatic carbocycles. The van der Waals surface area contributed by atoms with Gasteiger partial charge in [0.05, 0.1) is 11.3 Å². The van der Waals surface area contributed by atoms with Crippen molar-refractivity contribution < 1.29 is 0 Å². The molecule has 0 fully saturated rings. The van der Waals surface area contributed by atoms with Crippen molar-refractivity contribution in [2.45, 2.75) is 6.92 Å². The zero-order valence-electron chi connectivity index (χ0n) is 9.57. The molecular weight excluding hydrogens is 238 g/mol. The predicted octanol–water partition coefficient (Wildman–Crippen LogP) is 2.18. The Morgan fingerprint density at radius 1 is 1.47 bits per heavy atom. The lowest BCUT2D eigenvalue weighted by Crippen LogP contribution is -2.17. The molecular formula is C12H12ClN3O. The molecule has 0 aliphatic heterocycles. The fraction of sp³-hybridized carbons (Fsp3) is 0.167. The molecule has 5 heteroatoms. The van der Waals surface area contributed by atoms with E-state index in [9.17, 15) is 4.79 Å². The Balaban J connectivity index is 2.62. The topological polar surface area (TPSA) is 50.1 Å². The van der Waals surface area contributed by atoms with Crippen LogP contribution in [-0.2, 0) is 0 Å². The minimum absolute atomic E-state index is 0.129. The number of aromatic amines is 1. The van der Waals surface area contributed by atoms with Crippen LogP contribution in [0.25, 0.3) is 5.69 Å². The first-order chi connectivity index (χ1) is 8.13. The van der Waals surface area contributed by atoms with Crippen molar-refractivity contribution in [2.75, 3.05) is 7.05 Å². The summed E-state index contributed by atoms with van der Waals surface area (Å²) in [6, 6.07) is 7.11. The van der Waals surface area contributed by atoms with Crippen LogP contribution in [0, 0.1) is 6.92 Å². The summed E-state index contributed by atoms with van der Waals surface area (Å²) in [7, 11) is 1.63. The molecule has 0 unspecified atom stereocenters. The number of hydrogen-bond acceptors (Lipinski definition) is 2. The van der Waals surface area contributed by atoms with Crippen LogP contribution in [0.2, 0.25) is 5.02 Å². The van der Waals surface area contributed by atoms with E-state index in [2.05, 4.69) is 10.1 Å². The first-order valence-electron chi connectivity index (χ1n) is 5.13. The molecule has 17 heavy (non-hydrogen) atoms. The highest BCUT2D eigenvalue weighted by Crippen LogP contribution is 2.13. The normalized spacial score (nSPS) is 11.2. The quantitative estimate of drug-likeness (QED) is 0.815. The molecule has 0 aliphatic rings. The van der Waals surface area contributed by atoms with Crippen LogP contribution in [0.4, 0.5) is 0 Å². The van der Waals surface area contributed by atoms with Crippen LogP contribution in [0.5, 0.6) is 0 Å². The molecule has 2 rings (SSSR count). The van der Waals surface area contributed by atoms with Crippen molar-refractivity contribution in [3.05, 3.63) is 50.9 Å². The summed E-state index contributed by atoms with van der Waals surface area (Å²) in [5.41, 5.74) is 1.92. The molecule has 88 valence electrons. The number of nitrogens with one attached hydrogen (secondary N) is 1. The summed E-state index contributed by atoms with van der Waals surface area (Å²) in [6.45, 7) is 1.83. The summed E-state index contributed by atoms with van der Waals surface area (Å²) in [5.74, 6) is 0. The molecule has 0 atom stereocenters. The molecule has 4 nitrogen and oxygen atoms in total. The van der Waals surface area contributed by atoms with Crippen molar-refractivity contribution in [1.29, 1.82) is 0 Å². The monoisotopic (exact) mass is 249 g/mol. The van der Waals surface area contributed by atoms with Gasteiger partial charge in [-0.3, -0.25) is 14.9 Å². The van der Waals surface area contributed by atoms with Crippen LogP contribution < -0.4 is 5.56 Å². The standard InChI is InChI=1S/C12H12ClN3O/c1-8-11(7-14-2)12(17)16(15-8)10-5-3-4-9(13)6-10/h3-7,15H,1-2H3. The Hall–Kier alpha value is -1.81. The summed E-state index contributed by atoms with van der Waals surface area (Å²) in [4.78, 5) is 16.0. The average molecular weight is 250 g/mol. The van der Waals surface area contributed by atoms with Crippen LogP contribution in [-0.4, -0.2) is 23.0 Å². The van der Waals surface area contributed by atoms with Crippen molar-refractivity contribution in [3.8, 4) is 5.69 Å². The van der Waals surface area contributed by atoms with Gasteiger partial charge >= 0.3 is 0 Å². The Bertz CT molecular complexity index is 625. The molecule has 0 bridgehead atoms. The Morgan fingerprint density at radius 2 is 2.24 bits per heavy atom. The molecule has 0 amide bonds. The number of aryl methyl sites for hydroxylation is 1. The van der Waals surface area contributed by atoms with Crippen molar-refractivity contribution in [2.24, 2.45) is 4.99 Å². The molecule has 0 spiro atoms. The van der Waals surface area contributed by atoms with Gasteiger partial charge in [0.2, 0.25) is 0 Å². The third-order valence-corrected chi connectivity index (χ3v) is 2.68. The van der Waals surface area contributed by atoms with Gasteiger partial charge in [-0.1, -0.05) is 17.7 Å². The number of H-pyrrole nitrogens is 1. The number of benzene rings is 1.